The van der Waals surface area contributed by atoms with Gasteiger partial charge in [-0.1, -0.05) is 87.6 Å². The van der Waals surface area contributed by atoms with Crippen LogP contribution in [0.1, 0.15) is 81.8 Å². The highest BCUT2D eigenvalue weighted by Crippen LogP contribution is 2.57. The molecule has 1 fully saturated rings. The van der Waals surface area contributed by atoms with E-state index in [2.05, 4.69) is 78.1 Å². The molecular formula is C50H58N4O9P+. The van der Waals surface area contributed by atoms with Gasteiger partial charge < -0.3 is 36.6 Å². The number of carbonyl (C=O) groups is 4. The number of phenolic OH excluding ortho intramolecular Hbond substituents is 1. The molecular weight excluding hydrogens is 832 g/mol. The molecule has 3 aromatic carbocycles. The summed E-state index contributed by atoms with van der Waals surface area (Å²) in [6.45, 7) is 1.65. The van der Waals surface area contributed by atoms with E-state index >= 15 is 0 Å². The maximum atomic E-state index is 14.3. The minimum absolute atomic E-state index is 0.00863. The Hall–Kier alpha value is -5.72. The fourth-order valence-corrected chi connectivity index (χ4v) is 14.6. The summed E-state index contributed by atoms with van der Waals surface area (Å²) in [5.74, 6) is -10.1. The van der Waals surface area contributed by atoms with E-state index in [1.165, 1.54) is 35.7 Å². The number of pyridine rings is 1. The highest BCUT2D eigenvalue weighted by Gasteiger charge is 2.68. The molecule has 3 aliphatic rings. The van der Waals surface area contributed by atoms with E-state index in [1.807, 2.05) is 12.3 Å². The number of aliphatic hydroxyl groups excluding tert-OH is 3. The largest absolute Gasteiger partial charge is 0.508 e. The van der Waals surface area contributed by atoms with Crippen molar-refractivity contribution in [3.8, 4) is 5.75 Å². The van der Waals surface area contributed by atoms with E-state index in [4.69, 9.17) is 10.7 Å². The smallest absolute Gasteiger partial charge is 0.255 e. The van der Waals surface area contributed by atoms with Crippen LogP contribution in [-0.4, -0.2) is 96.8 Å². The van der Waals surface area contributed by atoms with Crippen LogP contribution in [0.3, 0.4) is 0 Å². The van der Waals surface area contributed by atoms with Gasteiger partial charge in [0.05, 0.1) is 35.5 Å². The van der Waals surface area contributed by atoms with Crippen LogP contribution in [0, 0.1) is 11.8 Å². The summed E-state index contributed by atoms with van der Waals surface area (Å²) in [7, 11) is 0.958. The summed E-state index contributed by atoms with van der Waals surface area (Å²) in [5, 5.41) is 63.4. The normalized spacial score (nSPS) is 23.1. The van der Waals surface area contributed by atoms with Gasteiger partial charge in [0.15, 0.2) is 16.8 Å². The number of primary amides is 1. The topological polar surface area (TPSA) is 224 Å². The van der Waals surface area contributed by atoms with Gasteiger partial charge in [0, 0.05) is 30.2 Å². The zero-order valence-electron chi connectivity index (χ0n) is 36.5. The maximum absolute atomic E-state index is 14.3. The zero-order valence-corrected chi connectivity index (χ0v) is 37.4. The van der Waals surface area contributed by atoms with Gasteiger partial charge in [-0.2, -0.15) is 0 Å². The van der Waals surface area contributed by atoms with Crippen molar-refractivity contribution in [1.29, 1.82) is 0 Å². The average molecular weight is 890 g/mol. The number of hydrogen-bond acceptors (Lipinski definition) is 11. The molecule has 0 spiro atoms. The number of aromatic hydroxyl groups is 1. The van der Waals surface area contributed by atoms with Gasteiger partial charge in [-0.3, -0.25) is 24.1 Å². The molecule has 64 heavy (non-hydrogen) atoms. The Morgan fingerprint density at radius 3 is 1.95 bits per heavy atom. The van der Waals surface area contributed by atoms with Crippen molar-refractivity contribution in [2.75, 3.05) is 25.6 Å². The number of aliphatic hydroxyl groups is 4. The lowest BCUT2D eigenvalue weighted by Gasteiger charge is -2.53. The third kappa shape index (κ3) is 8.15. The van der Waals surface area contributed by atoms with Crippen LogP contribution in [0.15, 0.2) is 114 Å². The number of benzene rings is 3. The quantitative estimate of drug-likeness (QED) is 0.0311. The number of fused-ring (bicyclic) bond motifs is 3. The number of rotatable bonds is 17. The second-order valence-corrected chi connectivity index (χ2v) is 21.1. The molecule has 0 aliphatic heterocycles. The third-order valence-corrected chi connectivity index (χ3v) is 17.9. The van der Waals surface area contributed by atoms with Gasteiger partial charge in [-0.25, -0.2) is 4.98 Å². The standard InChI is InChI=1S/C50H57N4O9P/c1-30-33-26-27-34(43(56)38(33)44(57)39-37(30)45(58)41-42(54(2)3)46(59)40(49(51)62)48(61)50(41,63)47(39)60)53-35(55)24-16-8-6-4-5-7-9-19-29-64(31-20-12-10-13-21-31,32-22-14-11-15-23-32)36-25-17-18-28-52-36/h10-15,17-18,20-23,25-28,30,37,41-42,45,58,63H,4-9,16,19,24,29H2,1-3H3,(H5-,51,53,55,56,57,59,60,61,62)/p+1/t30-,37+,41+,42-,45-,50-/m0/s1. The lowest BCUT2D eigenvalue weighted by molar-refractivity contribution is -0.169. The summed E-state index contributed by atoms with van der Waals surface area (Å²) >= 11 is 0. The van der Waals surface area contributed by atoms with Gasteiger partial charge in [0.2, 0.25) is 11.7 Å². The van der Waals surface area contributed by atoms with Gasteiger partial charge >= 0.3 is 0 Å². The van der Waals surface area contributed by atoms with E-state index in [1.54, 1.807) is 13.0 Å². The maximum Gasteiger partial charge on any atom is 0.255 e. The van der Waals surface area contributed by atoms with Crippen molar-refractivity contribution < 1.29 is 44.7 Å². The Morgan fingerprint density at radius 1 is 0.812 bits per heavy atom. The first-order chi connectivity index (χ1) is 30.7. The lowest BCUT2D eigenvalue weighted by Crippen LogP contribution is -2.70. The molecule has 0 bridgehead atoms. The Balaban J connectivity index is 0.944. The first-order valence-corrected chi connectivity index (χ1v) is 24.0. The number of ketones is 2. The summed E-state index contributed by atoms with van der Waals surface area (Å²) in [6, 6.07) is 29.4. The minimum Gasteiger partial charge on any atom is -0.508 e. The van der Waals surface area contributed by atoms with Crippen LogP contribution in [0.2, 0.25) is 0 Å². The second kappa shape index (κ2) is 19.2. The number of aromatic nitrogens is 1. The van der Waals surface area contributed by atoms with Crippen molar-refractivity contribution >= 4 is 58.1 Å². The van der Waals surface area contributed by atoms with E-state index in [0.717, 1.165) is 56.5 Å². The third-order valence-electron chi connectivity index (χ3n) is 13.5. The molecule has 13 nitrogen and oxygen atoms in total. The molecule has 6 atom stereocenters. The molecule has 3 aliphatic carbocycles. The highest BCUT2D eigenvalue weighted by molar-refractivity contribution is 7.95. The second-order valence-electron chi connectivity index (χ2n) is 17.5. The number of nitrogens with two attached hydrogens (primary N) is 1. The zero-order chi connectivity index (χ0) is 45.9. The lowest BCUT2D eigenvalue weighted by atomic mass is 9.54. The number of phenols is 1. The number of carbonyl (C=O) groups excluding carboxylic acids is 4. The summed E-state index contributed by atoms with van der Waals surface area (Å²) in [6.07, 6.45) is 9.31. The van der Waals surface area contributed by atoms with E-state index < -0.39 is 88.7 Å². The molecule has 0 saturated heterocycles. The molecule has 0 unspecified atom stereocenters. The molecule has 1 aromatic heterocycles. The molecule has 4 aromatic rings. The molecule has 0 radical (unpaired) electrons. The number of Topliss-reactive ketones (excluding diaryl/α,β-unsaturated/α-hetero) is 2. The number of likely N-dealkylation sites (N-methyl/N-ethyl adjacent to an activating group) is 1. The van der Waals surface area contributed by atoms with Gasteiger partial charge in [-0.05, 0) is 81.2 Å². The van der Waals surface area contributed by atoms with Gasteiger partial charge in [0.1, 0.15) is 40.7 Å². The van der Waals surface area contributed by atoms with Crippen molar-refractivity contribution in [2.45, 2.75) is 88.4 Å². The Bertz CT molecular complexity index is 2360. The van der Waals surface area contributed by atoms with Crippen LogP contribution in [-0.2, 0) is 19.2 Å². The van der Waals surface area contributed by atoms with E-state index in [0.29, 0.717) is 12.0 Å². The van der Waals surface area contributed by atoms with E-state index in [-0.39, 0.29) is 23.6 Å². The number of anilines is 1. The molecule has 14 heteroatoms. The molecule has 2 amide bonds. The molecule has 7 rings (SSSR count). The monoisotopic (exact) mass is 889 g/mol. The van der Waals surface area contributed by atoms with E-state index in [9.17, 15) is 44.7 Å². The molecule has 8 N–H and O–H groups in total. The number of amides is 2. The minimum atomic E-state index is -3.01. The van der Waals surface area contributed by atoms with Gasteiger partial charge in [-0.15, -0.1) is 0 Å². The molecule has 1 saturated carbocycles. The van der Waals surface area contributed by atoms with Crippen LogP contribution in [0.4, 0.5) is 5.69 Å². The number of hydrogen-bond donors (Lipinski definition) is 7. The van der Waals surface area contributed by atoms with Crippen LogP contribution in [0.25, 0.3) is 5.76 Å². The summed E-state index contributed by atoms with van der Waals surface area (Å²) < 4.78 is 0. The number of nitrogens with one attached hydrogen (secondary N) is 1. The Morgan fingerprint density at radius 2 is 1.39 bits per heavy atom. The van der Waals surface area contributed by atoms with Crippen LogP contribution >= 0.6 is 7.26 Å². The first-order valence-electron chi connectivity index (χ1n) is 22.1. The van der Waals surface area contributed by atoms with Gasteiger partial charge in [0.25, 0.3) is 5.91 Å². The fraction of sp³-hybridized carbons (Fsp3) is 0.380. The number of nitrogens with zero attached hydrogens (tertiary/aromatic N) is 2. The fourth-order valence-electron chi connectivity index (χ4n) is 10.4. The highest BCUT2D eigenvalue weighted by atomic mass is 31.2. The summed E-state index contributed by atoms with van der Waals surface area (Å²) in [5.41, 5.74) is 2.23. The predicted molar refractivity (Wildman–Crippen MR) is 248 cm³/mol. The first kappa shape index (κ1) is 46.3. The van der Waals surface area contributed by atoms with Crippen molar-refractivity contribution in [3.63, 3.8) is 0 Å². The SMILES string of the molecule is C[C@H]1c2ccc(NC(=O)CCCCCCCCCC[P+](c3ccccc3)(c3ccccc3)c3ccccn3)c(O)c2C(O)=C2C(=O)[C@]3(O)C(O)=C(C(N)=O)C(=O)[C@@H](N(C)C)[C@@H]3[C@@H](O)[C@@H]21. The Labute approximate surface area is 374 Å². The van der Waals surface area contributed by atoms with Crippen molar-refractivity contribution in [1.82, 2.24) is 9.88 Å². The van der Waals surface area contributed by atoms with Crippen molar-refractivity contribution in [2.24, 2.45) is 17.6 Å². The van der Waals surface area contributed by atoms with Crippen LogP contribution in [0.5, 0.6) is 5.75 Å². The van der Waals surface area contributed by atoms with Crippen LogP contribution < -0.4 is 27.1 Å². The number of unbranched alkanes of at least 4 members (excludes halogenated alkanes) is 7. The van der Waals surface area contributed by atoms with Crippen molar-refractivity contribution in [3.05, 3.63) is 125 Å². The molecule has 336 valence electrons. The summed E-state index contributed by atoms with van der Waals surface area (Å²) in [4.78, 5) is 59.4. The predicted octanol–water partition coefficient (Wildman–Crippen LogP) is 5.33. The average Bonchev–Trinajstić information content (AvgIpc) is 3.28. The Kier molecular flexibility index (Phi) is 13.9. The molecule has 1 heterocycles.